The van der Waals surface area contributed by atoms with E-state index >= 15 is 0 Å². The molecule has 3 rings (SSSR count). The highest BCUT2D eigenvalue weighted by atomic mass is 19.1. The maximum Gasteiger partial charge on any atom is 0.133 e. The summed E-state index contributed by atoms with van der Waals surface area (Å²) in [5, 5.41) is 0. The lowest BCUT2D eigenvalue weighted by Crippen LogP contribution is -2.23. The molecule has 0 radical (unpaired) electrons. The van der Waals surface area contributed by atoms with Crippen LogP contribution in [0.1, 0.15) is 17.2 Å². The number of halogens is 2. The second-order valence-electron chi connectivity index (χ2n) is 4.84. The summed E-state index contributed by atoms with van der Waals surface area (Å²) in [7, 11) is 0. The minimum absolute atomic E-state index is 0.151. The van der Waals surface area contributed by atoms with Crippen LogP contribution in [0.3, 0.4) is 0 Å². The Morgan fingerprint density at radius 1 is 1.15 bits per heavy atom. The SMILES string of the molecule is NC[C@H]1OCCc2c(-c3ccc(F)cc3F)cccc21. The smallest absolute Gasteiger partial charge is 0.133 e. The van der Waals surface area contributed by atoms with Gasteiger partial charge in [-0.15, -0.1) is 0 Å². The van der Waals surface area contributed by atoms with E-state index in [-0.39, 0.29) is 6.10 Å². The molecule has 2 nitrogen and oxygen atoms in total. The molecule has 2 aromatic carbocycles. The van der Waals surface area contributed by atoms with Crippen molar-refractivity contribution >= 4 is 0 Å². The molecule has 0 saturated heterocycles. The highest BCUT2D eigenvalue weighted by Gasteiger charge is 2.23. The summed E-state index contributed by atoms with van der Waals surface area (Å²) in [5.74, 6) is -1.12. The van der Waals surface area contributed by atoms with E-state index in [2.05, 4.69) is 0 Å². The van der Waals surface area contributed by atoms with E-state index in [9.17, 15) is 8.78 Å². The molecule has 0 bridgehead atoms. The molecular formula is C16H15F2NO. The zero-order valence-corrected chi connectivity index (χ0v) is 10.9. The van der Waals surface area contributed by atoms with Gasteiger partial charge in [0.2, 0.25) is 0 Å². The van der Waals surface area contributed by atoms with Crippen LogP contribution in [0, 0.1) is 11.6 Å². The highest BCUT2D eigenvalue weighted by molar-refractivity contribution is 5.70. The van der Waals surface area contributed by atoms with Crippen molar-refractivity contribution in [2.75, 3.05) is 13.2 Å². The summed E-state index contributed by atoms with van der Waals surface area (Å²) in [6.45, 7) is 0.955. The fraction of sp³-hybridized carbons (Fsp3) is 0.250. The van der Waals surface area contributed by atoms with Gasteiger partial charge in [-0.05, 0) is 35.2 Å². The number of hydrogen-bond acceptors (Lipinski definition) is 2. The molecule has 104 valence electrons. The van der Waals surface area contributed by atoms with Crippen LogP contribution in [0.25, 0.3) is 11.1 Å². The minimum Gasteiger partial charge on any atom is -0.372 e. The van der Waals surface area contributed by atoms with Crippen LogP contribution in [-0.2, 0) is 11.2 Å². The molecule has 0 amide bonds. The minimum atomic E-state index is -0.570. The first-order chi connectivity index (χ1) is 9.70. The second kappa shape index (κ2) is 5.31. The summed E-state index contributed by atoms with van der Waals surface area (Å²) < 4.78 is 32.6. The molecule has 20 heavy (non-hydrogen) atoms. The molecule has 4 heteroatoms. The van der Waals surface area contributed by atoms with Crippen LogP contribution in [-0.4, -0.2) is 13.2 Å². The molecule has 0 fully saturated rings. The van der Waals surface area contributed by atoms with Crippen molar-refractivity contribution in [2.45, 2.75) is 12.5 Å². The van der Waals surface area contributed by atoms with E-state index in [1.807, 2.05) is 18.2 Å². The summed E-state index contributed by atoms with van der Waals surface area (Å²) in [4.78, 5) is 0. The van der Waals surface area contributed by atoms with Crippen LogP contribution in [0.5, 0.6) is 0 Å². The molecular weight excluding hydrogens is 260 g/mol. The normalized spacial score (nSPS) is 17.9. The van der Waals surface area contributed by atoms with E-state index < -0.39 is 11.6 Å². The summed E-state index contributed by atoms with van der Waals surface area (Å²) >= 11 is 0. The summed E-state index contributed by atoms with van der Waals surface area (Å²) in [6, 6.07) is 9.33. The van der Waals surface area contributed by atoms with Crippen LogP contribution in [0.15, 0.2) is 36.4 Å². The van der Waals surface area contributed by atoms with Gasteiger partial charge in [0.1, 0.15) is 11.6 Å². The van der Waals surface area contributed by atoms with Gasteiger partial charge in [-0.2, -0.15) is 0 Å². The van der Waals surface area contributed by atoms with Gasteiger partial charge in [0, 0.05) is 18.2 Å². The lowest BCUT2D eigenvalue weighted by Gasteiger charge is -2.27. The van der Waals surface area contributed by atoms with Crippen LogP contribution < -0.4 is 5.73 Å². The van der Waals surface area contributed by atoms with Crippen molar-refractivity contribution in [2.24, 2.45) is 5.73 Å². The van der Waals surface area contributed by atoms with Crippen molar-refractivity contribution in [1.29, 1.82) is 0 Å². The highest BCUT2D eigenvalue weighted by Crippen LogP contribution is 2.35. The fourth-order valence-electron chi connectivity index (χ4n) is 2.73. The first-order valence-electron chi connectivity index (χ1n) is 6.59. The van der Waals surface area contributed by atoms with Gasteiger partial charge in [-0.25, -0.2) is 8.78 Å². The lowest BCUT2D eigenvalue weighted by atomic mass is 9.89. The first-order valence-corrected chi connectivity index (χ1v) is 6.59. The van der Waals surface area contributed by atoms with Gasteiger partial charge in [-0.3, -0.25) is 0 Å². The maximum atomic E-state index is 14.0. The maximum absolute atomic E-state index is 14.0. The average molecular weight is 275 g/mol. The van der Waals surface area contributed by atoms with Crippen molar-refractivity contribution in [3.63, 3.8) is 0 Å². The molecule has 0 unspecified atom stereocenters. The Labute approximate surface area is 116 Å². The molecule has 0 spiro atoms. The van der Waals surface area contributed by atoms with Crippen molar-refractivity contribution in [1.82, 2.24) is 0 Å². The largest absolute Gasteiger partial charge is 0.372 e. The zero-order valence-electron chi connectivity index (χ0n) is 10.9. The molecule has 1 aliphatic heterocycles. The van der Waals surface area contributed by atoms with Gasteiger partial charge in [0.05, 0.1) is 12.7 Å². The molecule has 0 saturated carbocycles. The molecule has 1 aliphatic rings. The molecule has 0 aliphatic carbocycles. The van der Waals surface area contributed by atoms with Gasteiger partial charge in [-0.1, -0.05) is 18.2 Å². The van der Waals surface area contributed by atoms with E-state index in [1.165, 1.54) is 12.1 Å². The standard InChI is InChI=1S/C16H15F2NO/c17-10-4-5-13(15(18)8-10)11-2-1-3-14-12(11)6-7-20-16(14)9-19/h1-5,8,16H,6-7,9,19H2/t16-/m1/s1. The molecule has 2 N–H and O–H groups in total. The zero-order chi connectivity index (χ0) is 14.1. The van der Waals surface area contributed by atoms with Crippen molar-refractivity contribution < 1.29 is 13.5 Å². The van der Waals surface area contributed by atoms with Crippen LogP contribution in [0.4, 0.5) is 8.78 Å². The summed E-state index contributed by atoms with van der Waals surface area (Å²) in [5.41, 5.74) is 8.96. The summed E-state index contributed by atoms with van der Waals surface area (Å²) in [6.07, 6.45) is 0.556. The van der Waals surface area contributed by atoms with Gasteiger partial charge >= 0.3 is 0 Å². The van der Waals surface area contributed by atoms with E-state index in [0.717, 1.165) is 22.8 Å². The predicted octanol–water partition coefficient (Wildman–Crippen LogP) is 3.20. The Morgan fingerprint density at radius 2 is 2.00 bits per heavy atom. The number of rotatable bonds is 2. The third kappa shape index (κ3) is 2.21. The first kappa shape index (κ1) is 13.2. The quantitative estimate of drug-likeness (QED) is 0.913. The van der Waals surface area contributed by atoms with Crippen molar-refractivity contribution in [3.8, 4) is 11.1 Å². The Balaban J connectivity index is 2.15. The average Bonchev–Trinajstić information content (AvgIpc) is 2.46. The molecule has 0 aromatic heterocycles. The van der Waals surface area contributed by atoms with Gasteiger partial charge in [0.15, 0.2) is 0 Å². The number of hydrogen-bond donors (Lipinski definition) is 1. The molecule has 1 atom stereocenters. The number of ether oxygens (including phenoxy) is 1. The third-order valence-electron chi connectivity index (χ3n) is 3.67. The van der Waals surface area contributed by atoms with Gasteiger partial charge < -0.3 is 10.5 Å². The molecule has 2 aromatic rings. The van der Waals surface area contributed by atoms with E-state index in [0.29, 0.717) is 25.1 Å². The fourth-order valence-corrected chi connectivity index (χ4v) is 2.73. The monoisotopic (exact) mass is 275 g/mol. The third-order valence-corrected chi connectivity index (χ3v) is 3.67. The number of benzene rings is 2. The van der Waals surface area contributed by atoms with Gasteiger partial charge in [0.25, 0.3) is 0 Å². The second-order valence-corrected chi connectivity index (χ2v) is 4.84. The van der Waals surface area contributed by atoms with Crippen LogP contribution in [0.2, 0.25) is 0 Å². The Hall–Kier alpha value is -1.78. The van der Waals surface area contributed by atoms with E-state index in [1.54, 1.807) is 0 Å². The Kier molecular flexibility index (Phi) is 3.51. The van der Waals surface area contributed by atoms with E-state index in [4.69, 9.17) is 10.5 Å². The Morgan fingerprint density at radius 3 is 2.75 bits per heavy atom. The molecule has 1 heterocycles. The topological polar surface area (TPSA) is 35.2 Å². The van der Waals surface area contributed by atoms with Crippen molar-refractivity contribution in [3.05, 3.63) is 59.2 Å². The number of nitrogens with two attached hydrogens (primary N) is 1. The number of fused-ring (bicyclic) bond motifs is 1. The predicted molar refractivity (Wildman–Crippen MR) is 73.2 cm³/mol. The lowest BCUT2D eigenvalue weighted by molar-refractivity contribution is 0.0486. The van der Waals surface area contributed by atoms with Crippen LogP contribution >= 0.6 is 0 Å². The Bertz CT molecular complexity index is 642.